The number of aliphatic hydroxyl groups excluding tert-OH is 1. The maximum atomic E-state index is 13.6. The molecule has 12 nitrogen and oxygen atoms in total. The first kappa shape index (κ1) is 34.8. The van der Waals surface area contributed by atoms with Gasteiger partial charge in [0.2, 0.25) is 5.91 Å². The average molecular weight is 619 g/mol. The zero-order valence-corrected chi connectivity index (χ0v) is 25.9. The summed E-state index contributed by atoms with van der Waals surface area (Å²) in [6.45, 7) is 2.85. The van der Waals surface area contributed by atoms with Crippen molar-refractivity contribution in [2.24, 2.45) is 5.92 Å². The van der Waals surface area contributed by atoms with Gasteiger partial charge in [0.05, 0.1) is 19.3 Å². The Morgan fingerprint density at radius 1 is 1.10 bits per heavy atom. The van der Waals surface area contributed by atoms with E-state index in [-0.39, 0.29) is 32.3 Å². The summed E-state index contributed by atoms with van der Waals surface area (Å²) in [6, 6.07) is 4.12. The lowest BCUT2D eigenvalue weighted by molar-refractivity contribution is -0.124. The molecular weight excluding hydrogens is 575 g/mol. The Bertz CT molecular complexity index is 1030. The fraction of sp³-hybridized carbons (Fsp3) is 0.667. The fourth-order valence-corrected chi connectivity index (χ4v) is 6.52. The number of halogens is 1. The first-order valence-corrected chi connectivity index (χ1v) is 16.0. The van der Waals surface area contributed by atoms with Gasteiger partial charge >= 0.3 is 19.7 Å². The first-order valence-electron chi connectivity index (χ1n) is 14.0. The highest BCUT2D eigenvalue weighted by molar-refractivity contribution is 7.54. The van der Waals surface area contributed by atoms with Crippen LogP contribution in [0.1, 0.15) is 57.9 Å². The second-order valence-electron chi connectivity index (χ2n) is 10.1. The lowest BCUT2D eigenvalue weighted by Crippen LogP contribution is -2.56. The van der Waals surface area contributed by atoms with Crippen LogP contribution in [0.25, 0.3) is 0 Å². The van der Waals surface area contributed by atoms with Gasteiger partial charge in [0.25, 0.3) is 0 Å². The number of aliphatic hydroxyl groups is 1. The molecule has 1 aromatic carbocycles. The van der Waals surface area contributed by atoms with E-state index in [1.54, 1.807) is 38.1 Å². The number of rotatable bonds is 15. The van der Waals surface area contributed by atoms with Crippen LogP contribution in [0.15, 0.2) is 24.3 Å². The molecule has 1 aliphatic rings. The number of urea groups is 1. The van der Waals surface area contributed by atoms with Gasteiger partial charge in [-0.2, -0.15) is 0 Å². The summed E-state index contributed by atoms with van der Waals surface area (Å²) in [5, 5.41) is 19.5. The lowest BCUT2D eigenvalue weighted by atomic mass is 9.84. The van der Waals surface area contributed by atoms with Crippen LogP contribution in [0.5, 0.6) is 0 Å². The molecule has 3 atom stereocenters. The molecule has 0 spiro atoms. The smallest absolute Gasteiger partial charge is 0.408 e. The quantitative estimate of drug-likeness (QED) is 0.213. The van der Waals surface area contributed by atoms with E-state index in [0.29, 0.717) is 17.0 Å². The van der Waals surface area contributed by atoms with E-state index < -0.39 is 43.6 Å². The Balaban J connectivity index is 2.22. The van der Waals surface area contributed by atoms with E-state index in [2.05, 4.69) is 16.0 Å². The topological polar surface area (TPSA) is 156 Å². The Morgan fingerprint density at radius 2 is 1.76 bits per heavy atom. The molecule has 41 heavy (non-hydrogen) atoms. The number of nitrogens with zero attached hydrogens (tertiary/aromatic N) is 1. The van der Waals surface area contributed by atoms with Crippen molar-refractivity contribution in [3.63, 3.8) is 0 Å². The van der Waals surface area contributed by atoms with Gasteiger partial charge in [-0.05, 0) is 43.9 Å². The molecule has 14 heteroatoms. The Morgan fingerprint density at radius 3 is 2.34 bits per heavy atom. The van der Waals surface area contributed by atoms with Crippen molar-refractivity contribution in [1.29, 1.82) is 0 Å². The van der Waals surface area contributed by atoms with Gasteiger partial charge in [-0.15, -0.1) is 0 Å². The van der Waals surface area contributed by atoms with Gasteiger partial charge < -0.3 is 39.7 Å². The van der Waals surface area contributed by atoms with Crippen molar-refractivity contribution in [1.82, 2.24) is 20.9 Å². The molecule has 0 heterocycles. The minimum Gasteiger partial charge on any atom is -0.445 e. The molecule has 1 fully saturated rings. The molecule has 1 saturated carbocycles. The Hall–Kier alpha value is -2.37. The van der Waals surface area contributed by atoms with Crippen molar-refractivity contribution < 1.29 is 37.8 Å². The molecule has 1 aromatic rings. The highest BCUT2D eigenvalue weighted by Crippen LogP contribution is 2.53. The maximum Gasteiger partial charge on any atom is 0.408 e. The molecule has 0 radical (unpaired) electrons. The molecule has 232 valence electrons. The van der Waals surface area contributed by atoms with Crippen LogP contribution in [0.2, 0.25) is 5.02 Å². The predicted molar refractivity (Wildman–Crippen MR) is 156 cm³/mol. The molecule has 4 amide bonds. The standard InChI is InChI=1S/C27H44ClN4O8P/c1-5-39-41(37,40-6-2)25(34)23(17-29-26(35)32(3)4)30-24(33)22(16-19-11-8-7-9-12-19)31-27(36)38-18-20-13-10-14-21(28)15-20/h10,13-15,19,22-23,25,34H,5-9,11-12,16-18H2,1-4H3,(H,29,35)(H,30,33)(H,31,36)/t22-,23-,25?/m0/s1. The van der Waals surface area contributed by atoms with Crippen LogP contribution in [0, 0.1) is 5.92 Å². The van der Waals surface area contributed by atoms with Gasteiger partial charge in [0, 0.05) is 25.7 Å². The van der Waals surface area contributed by atoms with Crippen molar-refractivity contribution in [2.45, 2.75) is 76.9 Å². The highest BCUT2D eigenvalue weighted by Gasteiger charge is 2.42. The van der Waals surface area contributed by atoms with Gasteiger partial charge in [-0.3, -0.25) is 9.36 Å². The molecule has 0 bridgehead atoms. The molecule has 0 aliphatic heterocycles. The van der Waals surface area contributed by atoms with E-state index in [9.17, 15) is 24.1 Å². The summed E-state index contributed by atoms with van der Waals surface area (Å²) in [5.74, 6) is -2.22. The SMILES string of the molecule is CCOP(=O)(OCC)C(O)[C@H](CNC(=O)N(C)C)NC(=O)[C@H](CC1CCCCC1)NC(=O)OCc1cccc(Cl)c1. The minimum absolute atomic E-state index is 0.0105. The maximum absolute atomic E-state index is 13.6. The van der Waals surface area contributed by atoms with Crippen LogP contribution >= 0.6 is 19.2 Å². The third kappa shape index (κ3) is 11.8. The summed E-state index contributed by atoms with van der Waals surface area (Å²) in [7, 11) is -1.03. The van der Waals surface area contributed by atoms with Gasteiger partial charge in [0.15, 0.2) is 5.85 Å². The number of hydrogen-bond donors (Lipinski definition) is 4. The minimum atomic E-state index is -4.09. The molecule has 0 saturated heterocycles. The van der Waals surface area contributed by atoms with E-state index in [1.165, 1.54) is 19.0 Å². The molecule has 0 aromatic heterocycles. The fourth-order valence-electron chi connectivity index (χ4n) is 4.59. The Kier molecular flexibility index (Phi) is 14.9. The van der Waals surface area contributed by atoms with Crippen LogP contribution in [-0.4, -0.2) is 79.8 Å². The second-order valence-corrected chi connectivity index (χ2v) is 12.7. The van der Waals surface area contributed by atoms with Crippen molar-refractivity contribution in [2.75, 3.05) is 33.9 Å². The van der Waals surface area contributed by atoms with Gasteiger partial charge in [-0.25, -0.2) is 9.59 Å². The van der Waals surface area contributed by atoms with Crippen molar-refractivity contribution in [3.8, 4) is 0 Å². The summed E-state index contributed by atoms with van der Waals surface area (Å²) >= 11 is 6.01. The lowest BCUT2D eigenvalue weighted by Gasteiger charge is -2.32. The number of carbonyl (C=O) groups excluding carboxylic acids is 3. The zero-order valence-electron chi connectivity index (χ0n) is 24.3. The van der Waals surface area contributed by atoms with E-state index in [4.69, 9.17) is 25.4 Å². The number of hydrogen-bond acceptors (Lipinski definition) is 8. The summed E-state index contributed by atoms with van der Waals surface area (Å²) in [4.78, 5) is 39.9. The normalized spacial score (nSPS) is 16.2. The zero-order chi connectivity index (χ0) is 30.4. The van der Waals surface area contributed by atoms with Crippen LogP contribution < -0.4 is 16.0 Å². The van der Waals surface area contributed by atoms with Gasteiger partial charge in [-0.1, -0.05) is 55.8 Å². The predicted octanol–water partition coefficient (Wildman–Crippen LogP) is 4.25. The number of amides is 4. The van der Waals surface area contributed by atoms with Crippen molar-refractivity contribution >= 4 is 37.2 Å². The molecule has 1 aliphatic carbocycles. The highest BCUT2D eigenvalue weighted by atomic mass is 35.5. The number of carbonyl (C=O) groups is 3. The molecule has 1 unspecified atom stereocenters. The third-order valence-corrected chi connectivity index (χ3v) is 9.15. The van der Waals surface area contributed by atoms with Crippen molar-refractivity contribution in [3.05, 3.63) is 34.9 Å². The summed E-state index contributed by atoms with van der Waals surface area (Å²) in [6.07, 6.45) is 4.55. The first-order chi connectivity index (χ1) is 19.5. The second kappa shape index (κ2) is 17.6. The van der Waals surface area contributed by atoms with Crippen LogP contribution in [0.3, 0.4) is 0 Å². The number of alkyl carbamates (subject to hydrolysis) is 1. The van der Waals surface area contributed by atoms with Crippen LogP contribution in [-0.2, 0) is 29.8 Å². The van der Waals surface area contributed by atoms with Crippen LogP contribution in [0.4, 0.5) is 9.59 Å². The van der Waals surface area contributed by atoms with E-state index >= 15 is 0 Å². The summed E-state index contributed by atoms with van der Waals surface area (Å²) < 4.78 is 29.3. The number of ether oxygens (including phenoxy) is 1. The van der Waals surface area contributed by atoms with E-state index in [0.717, 1.165) is 32.1 Å². The molecular formula is C27H44ClN4O8P. The summed E-state index contributed by atoms with van der Waals surface area (Å²) in [5.41, 5.74) is 0.684. The monoisotopic (exact) mass is 618 g/mol. The number of nitrogens with one attached hydrogen (secondary N) is 3. The van der Waals surface area contributed by atoms with E-state index in [1.807, 2.05) is 0 Å². The molecule has 4 N–H and O–H groups in total. The average Bonchev–Trinajstić information content (AvgIpc) is 2.94. The molecule has 2 rings (SSSR count). The third-order valence-electron chi connectivity index (χ3n) is 6.67. The number of benzene rings is 1. The largest absolute Gasteiger partial charge is 0.445 e. The van der Waals surface area contributed by atoms with Gasteiger partial charge in [0.1, 0.15) is 12.6 Å². The Labute approximate surface area is 247 Å².